The molecular formula is C17H17N3O2. The summed E-state index contributed by atoms with van der Waals surface area (Å²) in [5.74, 6) is 0.734. The normalized spacial score (nSPS) is 12.0. The van der Waals surface area contributed by atoms with Crippen molar-refractivity contribution in [3.05, 3.63) is 66.2 Å². The van der Waals surface area contributed by atoms with Gasteiger partial charge in [0.05, 0.1) is 6.04 Å². The van der Waals surface area contributed by atoms with E-state index in [1.165, 1.54) is 0 Å². The molecule has 0 aliphatic carbocycles. The number of aromatic nitrogens is 1. The molecule has 1 aromatic carbocycles. The van der Waals surface area contributed by atoms with E-state index in [9.17, 15) is 4.79 Å². The number of para-hydroxylation sites is 1. The van der Waals surface area contributed by atoms with Crippen LogP contribution in [0.3, 0.4) is 0 Å². The zero-order valence-corrected chi connectivity index (χ0v) is 12.2. The van der Waals surface area contributed by atoms with Crippen molar-refractivity contribution in [2.24, 2.45) is 0 Å². The van der Waals surface area contributed by atoms with Crippen LogP contribution in [0.15, 0.2) is 59.3 Å². The molecule has 0 spiro atoms. The highest BCUT2D eigenvalue weighted by atomic mass is 16.3. The first kappa shape index (κ1) is 14.1. The van der Waals surface area contributed by atoms with Gasteiger partial charge in [-0.15, -0.1) is 0 Å². The SMILES string of the molecule is C[C@@H](NC(=O)NCc1cccnc1)c1cc2ccccc2o1. The highest BCUT2D eigenvalue weighted by Crippen LogP contribution is 2.23. The lowest BCUT2D eigenvalue weighted by Crippen LogP contribution is -2.36. The second-order valence-corrected chi connectivity index (χ2v) is 5.10. The molecular weight excluding hydrogens is 278 g/mol. The molecule has 0 saturated heterocycles. The van der Waals surface area contributed by atoms with Crippen LogP contribution in [0.1, 0.15) is 24.3 Å². The molecule has 0 aliphatic heterocycles. The summed E-state index contributed by atoms with van der Waals surface area (Å²) < 4.78 is 5.74. The summed E-state index contributed by atoms with van der Waals surface area (Å²) in [7, 11) is 0. The number of nitrogens with one attached hydrogen (secondary N) is 2. The largest absolute Gasteiger partial charge is 0.459 e. The summed E-state index contributed by atoms with van der Waals surface area (Å²) in [6.45, 7) is 2.33. The quantitative estimate of drug-likeness (QED) is 0.775. The maximum Gasteiger partial charge on any atom is 0.315 e. The van der Waals surface area contributed by atoms with Crippen LogP contribution in [0.5, 0.6) is 0 Å². The van der Waals surface area contributed by atoms with E-state index in [1.54, 1.807) is 12.4 Å². The number of pyridine rings is 1. The molecule has 5 heteroatoms. The summed E-state index contributed by atoms with van der Waals surface area (Å²) in [5, 5.41) is 6.69. The molecule has 0 radical (unpaired) electrons. The molecule has 1 atom stereocenters. The average Bonchev–Trinajstić information content (AvgIpc) is 2.98. The van der Waals surface area contributed by atoms with Crippen LogP contribution in [0, 0.1) is 0 Å². The van der Waals surface area contributed by atoms with E-state index in [-0.39, 0.29) is 12.1 Å². The Morgan fingerprint density at radius 3 is 2.91 bits per heavy atom. The van der Waals surface area contributed by atoms with Gasteiger partial charge in [0.2, 0.25) is 0 Å². The van der Waals surface area contributed by atoms with Crippen molar-refractivity contribution in [2.45, 2.75) is 19.5 Å². The minimum Gasteiger partial charge on any atom is -0.459 e. The fourth-order valence-electron chi connectivity index (χ4n) is 2.22. The third-order valence-corrected chi connectivity index (χ3v) is 3.39. The lowest BCUT2D eigenvalue weighted by Gasteiger charge is -2.12. The molecule has 0 fully saturated rings. The number of nitrogens with zero attached hydrogens (tertiary/aromatic N) is 1. The summed E-state index contributed by atoms with van der Waals surface area (Å²) in [6.07, 6.45) is 3.43. The predicted octanol–water partition coefficient (Wildman–Crippen LogP) is 3.39. The van der Waals surface area contributed by atoms with Crippen LogP contribution < -0.4 is 10.6 Å². The summed E-state index contributed by atoms with van der Waals surface area (Å²) >= 11 is 0. The van der Waals surface area contributed by atoms with Crippen molar-refractivity contribution in [3.63, 3.8) is 0 Å². The molecule has 5 nitrogen and oxygen atoms in total. The first-order valence-corrected chi connectivity index (χ1v) is 7.14. The predicted molar refractivity (Wildman–Crippen MR) is 84.2 cm³/mol. The van der Waals surface area contributed by atoms with E-state index in [0.29, 0.717) is 6.54 Å². The molecule has 2 N–H and O–H groups in total. The van der Waals surface area contributed by atoms with E-state index in [2.05, 4.69) is 15.6 Å². The zero-order chi connectivity index (χ0) is 15.4. The van der Waals surface area contributed by atoms with Crippen LogP contribution in [-0.4, -0.2) is 11.0 Å². The number of benzene rings is 1. The Hall–Kier alpha value is -2.82. The van der Waals surface area contributed by atoms with Gasteiger partial charge in [0.1, 0.15) is 11.3 Å². The molecule has 3 aromatic rings. The molecule has 2 heterocycles. The molecule has 112 valence electrons. The lowest BCUT2D eigenvalue weighted by atomic mass is 10.2. The van der Waals surface area contributed by atoms with Crippen LogP contribution >= 0.6 is 0 Å². The first-order valence-electron chi connectivity index (χ1n) is 7.14. The van der Waals surface area contributed by atoms with Gasteiger partial charge in [0.25, 0.3) is 0 Å². The first-order chi connectivity index (χ1) is 10.7. The number of hydrogen-bond acceptors (Lipinski definition) is 3. The lowest BCUT2D eigenvalue weighted by molar-refractivity contribution is 0.236. The van der Waals surface area contributed by atoms with Gasteiger partial charge in [0, 0.05) is 24.3 Å². The third-order valence-electron chi connectivity index (χ3n) is 3.39. The standard InChI is InChI=1S/C17H17N3O2/c1-12(16-9-14-6-2-3-7-15(14)22-16)20-17(21)19-11-13-5-4-8-18-10-13/h2-10,12H,11H2,1H3,(H2,19,20,21)/t12-/m1/s1. The van der Waals surface area contributed by atoms with Crippen molar-refractivity contribution in [1.29, 1.82) is 0 Å². The number of amides is 2. The number of fused-ring (bicyclic) bond motifs is 1. The van der Waals surface area contributed by atoms with Crippen molar-refractivity contribution in [2.75, 3.05) is 0 Å². The van der Waals surface area contributed by atoms with E-state index in [0.717, 1.165) is 22.3 Å². The van der Waals surface area contributed by atoms with Crippen molar-refractivity contribution >= 4 is 17.0 Å². The molecule has 0 bridgehead atoms. The van der Waals surface area contributed by atoms with Gasteiger partial charge in [0.15, 0.2) is 0 Å². The Balaban J connectivity index is 1.58. The van der Waals surface area contributed by atoms with Gasteiger partial charge in [-0.25, -0.2) is 4.79 Å². The minimum absolute atomic E-state index is 0.207. The van der Waals surface area contributed by atoms with E-state index in [1.807, 2.05) is 49.4 Å². The minimum atomic E-state index is -0.239. The zero-order valence-electron chi connectivity index (χ0n) is 12.2. The Bertz CT molecular complexity index is 735. The number of carbonyl (C=O) groups is 1. The van der Waals surface area contributed by atoms with Crippen molar-refractivity contribution in [3.8, 4) is 0 Å². The van der Waals surface area contributed by atoms with Gasteiger partial charge < -0.3 is 15.1 Å². The number of hydrogen-bond donors (Lipinski definition) is 2. The fourth-order valence-corrected chi connectivity index (χ4v) is 2.22. The molecule has 0 unspecified atom stereocenters. The number of rotatable bonds is 4. The second kappa shape index (κ2) is 6.30. The van der Waals surface area contributed by atoms with Crippen LogP contribution in [0.25, 0.3) is 11.0 Å². The Labute approximate surface area is 128 Å². The number of carbonyl (C=O) groups excluding carboxylic acids is 1. The van der Waals surface area contributed by atoms with E-state index in [4.69, 9.17) is 4.42 Å². The maximum atomic E-state index is 11.9. The number of urea groups is 1. The van der Waals surface area contributed by atoms with Gasteiger partial charge in [-0.1, -0.05) is 24.3 Å². The van der Waals surface area contributed by atoms with Gasteiger partial charge in [-0.05, 0) is 30.7 Å². The number of furan rings is 1. The smallest absolute Gasteiger partial charge is 0.315 e. The van der Waals surface area contributed by atoms with Crippen LogP contribution in [0.2, 0.25) is 0 Å². The van der Waals surface area contributed by atoms with Crippen LogP contribution in [0.4, 0.5) is 4.79 Å². The maximum absolute atomic E-state index is 11.9. The Kier molecular flexibility index (Phi) is 4.05. The van der Waals surface area contributed by atoms with Crippen molar-refractivity contribution in [1.82, 2.24) is 15.6 Å². The highest BCUT2D eigenvalue weighted by Gasteiger charge is 2.13. The van der Waals surface area contributed by atoms with Gasteiger partial charge in [-0.2, -0.15) is 0 Å². The van der Waals surface area contributed by atoms with E-state index >= 15 is 0 Å². The molecule has 2 amide bonds. The summed E-state index contributed by atoms with van der Waals surface area (Å²) in [5.41, 5.74) is 1.77. The summed E-state index contributed by atoms with van der Waals surface area (Å²) in [4.78, 5) is 15.9. The molecule has 0 aliphatic rings. The Morgan fingerprint density at radius 1 is 1.27 bits per heavy atom. The second-order valence-electron chi connectivity index (χ2n) is 5.10. The third kappa shape index (κ3) is 3.25. The topological polar surface area (TPSA) is 67.2 Å². The molecule has 22 heavy (non-hydrogen) atoms. The van der Waals surface area contributed by atoms with E-state index < -0.39 is 0 Å². The monoisotopic (exact) mass is 295 g/mol. The molecule has 0 saturated carbocycles. The van der Waals surface area contributed by atoms with Gasteiger partial charge in [-0.3, -0.25) is 4.98 Å². The van der Waals surface area contributed by atoms with Gasteiger partial charge >= 0.3 is 6.03 Å². The summed E-state index contributed by atoms with van der Waals surface area (Å²) in [6, 6.07) is 13.0. The van der Waals surface area contributed by atoms with Crippen LogP contribution in [-0.2, 0) is 6.54 Å². The average molecular weight is 295 g/mol. The Morgan fingerprint density at radius 2 is 2.14 bits per heavy atom. The molecule has 3 rings (SSSR count). The van der Waals surface area contributed by atoms with Crippen molar-refractivity contribution < 1.29 is 9.21 Å². The fraction of sp³-hybridized carbons (Fsp3) is 0.176. The molecule has 2 aromatic heterocycles. The highest BCUT2D eigenvalue weighted by molar-refractivity contribution is 5.78.